The Labute approximate surface area is 251 Å². The largest absolute Gasteiger partial charge is 0.508 e. The molecule has 3 aromatic rings. The van der Waals surface area contributed by atoms with Crippen molar-refractivity contribution in [2.45, 2.75) is 56.3 Å². The van der Waals surface area contributed by atoms with Gasteiger partial charge in [-0.3, -0.25) is 24.0 Å². The smallest absolute Gasteiger partial charge is 0.326 e. The summed E-state index contributed by atoms with van der Waals surface area (Å²) in [5.74, 6) is -5.61. The Morgan fingerprint density at radius 2 is 1.39 bits per heavy atom. The Morgan fingerprint density at radius 1 is 0.773 bits per heavy atom. The van der Waals surface area contributed by atoms with Crippen LogP contribution in [0, 0.1) is 0 Å². The molecule has 15 heteroatoms. The second-order valence-electron chi connectivity index (χ2n) is 10.2. The van der Waals surface area contributed by atoms with Crippen LogP contribution >= 0.6 is 0 Å². The summed E-state index contributed by atoms with van der Waals surface area (Å²) in [5, 5.41) is 27.7. The number of carbonyl (C=O) groups is 6. The van der Waals surface area contributed by atoms with Gasteiger partial charge < -0.3 is 48.3 Å². The third-order valence-corrected chi connectivity index (χ3v) is 6.79. The third kappa shape index (κ3) is 9.55. The molecule has 1 heterocycles. The van der Waals surface area contributed by atoms with Gasteiger partial charge >= 0.3 is 5.97 Å². The van der Waals surface area contributed by atoms with Crippen LogP contribution in [0.5, 0.6) is 5.75 Å². The minimum absolute atomic E-state index is 0.0371. The van der Waals surface area contributed by atoms with Crippen molar-refractivity contribution in [2.75, 3.05) is 0 Å². The summed E-state index contributed by atoms with van der Waals surface area (Å²) in [4.78, 5) is 77.3. The van der Waals surface area contributed by atoms with E-state index in [1.165, 1.54) is 24.3 Å². The van der Waals surface area contributed by atoms with Crippen molar-refractivity contribution < 1.29 is 39.0 Å². The number of aromatic hydroxyl groups is 1. The fourth-order valence-corrected chi connectivity index (χ4v) is 4.49. The maximum absolute atomic E-state index is 13.5. The van der Waals surface area contributed by atoms with E-state index in [-0.39, 0.29) is 31.4 Å². The average molecular weight is 610 g/mol. The number of phenols is 1. The predicted octanol–water partition coefficient (Wildman–Crippen LogP) is -1.33. The third-order valence-electron chi connectivity index (χ3n) is 6.79. The fourth-order valence-electron chi connectivity index (χ4n) is 4.49. The van der Waals surface area contributed by atoms with Gasteiger partial charge in [-0.25, -0.2) is 4.79 Å². The Hall–Kier alpha value is -5.44. The number of aliphatic carboxylic acids is 1. The zero-order valence-corrected chi connectivity index (χ0v) is 23.6. The lowest BCUT2D eigenvalue weighted by atomic mass is 10.0. The number of H-pyrrole nitrogens is 1. The summed E-state index contributed by atoms with van der Waals surface area (Å²) >= 11 is 0. The van der Waals surface area contributed by atoms with Crippen LogP contribution in [0.1, 0.15) is 30.4 Å². The summed E-state index contributed by atoms with van der Waals surface area (Å²) in [5.41, 5.74) is 17.9. The van der Waals surface area contributed by atoms with Crippen LogP contribution in [0.4, 0.5) is 0 Å². The SMILES string of the molecule is NC(=O)CCC(NC(=O)C(N)CC(N)=O)C(=O)NC(Cc1ccc(O)cc1)C(=O)NC(Cc1c[nH]c2ccccc12)C(=O)O. The lowest BCUT2D eigenvalue weighted by Gasteiger charge is -2.25. The first kappa shape index (κ1) is 33.1. The number of primary amides is 2. The van der Waals surface area contributed by atoms with E-state index in [2.05, 4.69) is 20.9 Å². The number of fused-ring (bicyclic) bond motifs is 1. The molecule has 0 spiro atoms. The molecule has 44 heavy (non-hydrogen) atoms. The summed E-state index contributed by atoms with van der Waals surface area (Å²) in [6.45, 7) is 0. The standard InChI is InChI=1S/C29H35N7O8/c30-19(13-25(32)39)26(40)34-21(9-10-24(31)38)27(41)35-22(11-15-5-7-17(37)8-6-15)28(42)36-23(29(43)44)12-16-14-33-20-4-2-1-3-18(16)20/h1-8,14,19,21-23,33,37H,9-13,30H2,(H2,31,38)(H2,32,39)(H,34,40)(H,35,41)(H,36,42)(H,43,44). The first-order valence-corrected chi connectivity index (χ1v) is 13.6. The van der Waals surface area contributed by atoms with Gasteiger partial charge in [0.2, 0.25) is 29.5 Å². The predicted molar refractivity (Wildman–Crippen MR) is 157 cm³/mol. The fraction of sp³-hybridized carbons (Fsp3) is 0.310. The van der Waals surface area contributed by atoms with Gasteiger partial charge in [-0.05, 0) is 35.7 Å². The number of phenolic OH excluding ortho intramolecular Hbond substituents is 1. The molecule has 0 bridgehead atoms. The number of nitrogens with two attached hydrogens (primary N) is 3. The molecule has 12 N–H and O–H groups in total. The van der Waals surface area contributed by atoms with E-state index in [4.69, 9.17) is 17.2 Å². The molecule has 0 aliphatic rings. The maximum Gasteiger partial charge on any atom is 0.326 e. The number of amides is 5. The molecular formula is C29H35N7O8. The highest BCUT2D eigenvalue weighted by Crippen LogP contribution is 2.19. The van der Waals surface area contributed by atoms with Crippen LogP contribution in [-0.2, 0) is 41.6 Å². The van der Waals surface area contributed by atoms with Crippen LogP contribution < -0.4 is 33.2 Å². The normalized spacial score (nSPS) is 13.7. The lowest BCUT2D eigenvalue weighted by molar-refractivity contribution is -0.142. The molecule has 15 nitrogen and oxygen atoms in total. The van der Waals surface area contributed by atoms with E-state index >= 15 is 0 Å². The quantitative estimate of drug-likeness (QED) is 0.0929. The molecule has 0 fully saturated rings. The minimum atomic E-state index is -1.40. The molecule has 1 aromatic heterocycles. The zero-order chi connectivity index (χ0) is 32.4. The highest BCUT2D eigenvalue weighted by Gasteiger charge is 2.31. The minimum Gasteiger partial charge on any atom is -0.508 e. The van der Waals surface area contributed by atoms with Gasteiger partial charge in [0, 0.05) is 36.4 Å². The molecular weight excluding hydrogens is 574 g/mol. The monoisotopic (exact) mass is 609 g/mol. The molecule has 4 unspecified atom stereocenters. The molecule has 0 saturated carbocycles. The van der Waals surface area contributed by atoms with Crippen molar-refractivity contribution >= 4 is 46.4 Å². The number of benzene rings is 2. The van der Waals surface area contributed by atoms with Gasteiger partial charge in [-0.15, -0.1) is 0 Å². The van der Waals surface area contributed by atoms with Crippen molar-refractivity contribution in [3.63, 3.8) is 0 Å². The summed E-state index contributed by atoms with van der Waals surface area (Å²) in [6.07, 6.45) is 0.368. The number of carbonyl (C=O) groups excluding carboxylic acids is 5. The molecule has 3 rings (SSSR count). The number of hydrogen-bond acceptors (Lipinski definition) is 8. The van der Waals surface area contributed by atoms with Gasteiger partial charge in [-0.2, -0.15) is 0 Å². The number of para-hydroxylation sites is 1. The molecule has 0 aliphatic carbocycles. The Bertz CT molecular complexity index is 1520. The number of hydrogen-bond donors (Lipinski definition) is 9. The van der Waals surface area contributed by atoms with Gasteiger partial charge in [-0.1, -0.05) is 30.3 Å². The van der Waals surface area contributed by atoms with Crippen LogP contribution in [0.3, 0.4) is 0 Å². The van der Waals surface area contributed by atoms with E-state index < -0.39 is 66.1 Å². The summed E-state index contributed by atoms with van der Waals surface area (Å²) < 4.78 is 0. The summed E-state index contributed by atoms with van der Waals surface area (Å²) in [7, 11) is 0. The first-order valence-electron chi connectivity index (χ1n) is 13.6. The Morgan fingerprint density at radius 3 is 2.02 bits per heavy atom. The lowest BCUT2D eigenvalue weighted by Crippen LogP contribution is -2.58. The van der Waals surface area contributed by atoms with Gasteiger partial charge in [0.25, 0.3) is 0 Å². The Kier molecular flexibility index (Phi) is 11.4. The van der Waals surface area contributed by atoms with E-state index in [9.17, 15) is 39.0 Å². The molecule has 0 aliphatic heterocycles. The van der Waals surface area contributed by atoms with Crippen molar-refractivity contribution in [1.29, 1.82) is 0 Å². The van der Waals surface area contributed by atoms with E-state index in [1.54, 1.807) is 12.3 Å². The molecule has 0 radical (unpaired) electrons. The van der Waals surface area contributed by atoms with Gasteiger partial charge in [0.05, 0.1) is 12.5 Å². The van der Waals surface area contributed by atoms with Crippen molar-refractivity contribution in [1.82, 2.24) is 20.9 Å². The van der Waals surface area contributed by atoms with Crippen molar-refractivity contribution in [2.24, 2.45) is 17.2 Å². The molecule has 4 atom stereocenters. The Balaban J connectivity index is 1.84. The number of aromatic nitrogens is 1. The molecule has 234 valence electrons. The summed E-state index contributed by atoms with van der Waals surface area (Å²) in [6, 6.07) is 7.51. The number of rotatable bonds is 16. The molecule has 5 amide bonds. The molecule has 2 aromatic carbocycles. The van der Waals surface area contributed by atoms with Gasteiger partial charge in [0.1, 0.15) is 23.9 Å². The number of aromatic amines is 1. The molecule has 0 saturated heterocycles. The van der Waals surface area contributed by atoms with E-state index in [1.807, 2.05) is 18.2 Å². The van der Waals surface area contributed by atoms with Crippen LogP contribution in [0.25, 0.3) is 10.9 Å². The maximum atomic E-state index is 13.5. The highest BCUT2D eigenvalue weighted by atomic mass is 16.4. The second kappa shape index (κ2) is 15.2. The number of nitrogens with one attached hydrogen (secondary N) is 4. The highest BCUT2D eigenvalue weighted by molar-refractivity contribution is 5.95. The van der Waals surface area contributed by atoms with E-state index in [0.717, 1.165) is 10.9 Å². The first-order chi connectivity index (χ1) is 20.8. The number of carboxylic acids is 1. The van der Waals surface area contributed by atoms with Crippen LogP contribution in [0.15, 0.2) is 54.7 Å². The van der Waals surface area contributed by atoms with Crippen molar-refractivity contribution in [3.05, 3.63) is 65.9 Å². The van der Waals surface area contributed by atoms with Crippen LogP contribution in [-0.4, -0.2) is 74.9 Å². The van der Waals surface area contributed by atoms with Crippen molar-refractivity contribution in [3.8, 4) is 5.75 Å². The second-order valence-corrected chi connectivity index (χ2v) is 10.2. The number of carboxylic acid groups (broad SMARTS) is 1. The van der Waals surface area contributed by atoms with E-state index in [0.29, 0.717) is 11.1 Å². The zero-order valence-electron chi connectivity index (χ0n) is 23.6. The van der Waals surface area contributed by atoms with Crippen LogP contribution in [0.2, 0.25) is 0 Å². The van der Waals surface area contributed by atoms with Gasteiger partial charge in [0.15, 0.2) is 0 Å². The average Bonchev–Trinajstić information content (AvgIpc) is 3.37. The topological polar surface area (TPSA) is 273 Å².